The van der Waals surface area contributed by atoms with Crippen LogP contribution in [0.2, 0.25) is 0 Å². The highest BCUT2D eigenvalue weighted by molar-refractivity contribution is 5.87. The Balaban J connectivity index is 1.66. The lowest BCUT2D eigenvalue weighted by Gasteiger charge is -2.23. The summed E-state index contributed by atoms with van der Waals surface area (Å²) in [7, 11) is 0. The second-order valence-electron chi connectivity index (χ2n) is 9.93. The van der Waals surface area contributed by atoms with Gasteiger partial charge in [0.2, 0.25) is 0 Å². The normalized spacial score (nSPS) is 13.8. The Morgan fingerprint density at radius 2 is 1.59 bits per heavy atom. The molecule has 4 heteroatoms. The van der Waals surface area contributed by atoms with Gasteiger partial charge in [0.25, 0.3) is 0 Å². The molecule has 1 N–H and O–H groups in total. The molecule has 0 spiro atoms. The first-order valence-electron chi connectivity index (χ1n) is 13.4. The molecule has 3 aromatic rings. The maximum absolute atomic E-state index is 12.2. The summed E-state index contributed by atoms with van der Waals surface area (Å²) >= 11 is 0. The van der Waals surface area contributed by atoms with Crippen molar-refractivity contribution in [3.8, 4) is 28.0 Å². The average Bonchev–Trinajstić information content (AvgIpc) is 2.95. The van der Waals surface area contributed by atoms with Crippen LogP contribution in [0.25, 0.3) is 22.3 Å². The number of carbonyl (C=O) groups excluding carboxylic acids is 1. The van der Waals surface area contributed by atoms with E-state index in [4.69, 9.17) is 14.6 Å². The molecule has 0 heterocycles. The topological polar surface area (TPSA) is 55.8 Å². The molecule has 0 bridgehead atoms. The third kappa shape index (κ3) is 6.69. The standard InChI is InChI=1S/C33H38O4/c1-4-24-20-28(13-17-31(24)26-10-14-30(15-11-26)36-19-18-34)32-16-12-27(25-8-6-5-7-9-25)21-29(32)22-37-33(35)23(2)3/h10-17,20-21,25,34H,2,4-9,18-19,22H2,1,3H3. The minimum absolute atomic E-state index is 0.000777. The zero-order valence-electron chi connectivity index (χ0n) is 22.1. The van der Waals surface area contributed by atoms with Crippen molar-refractivity contribution in [2.24, 2.45) is 0 Å². The molecule has 1 fully saturated rings. The molecule has 0 radical (unpaired) electrons. The molecule has 1 aliphatic rings. The maximum Gasteiger partial charge on any atom is 0.333 e. The van der Waals surface area contributed by atoms with Crippen LogP contribution < -0.4 is 4.74 Å². The number of aliphatic hydroxyl groups is 1. The van der Waals surface area contributed by atoms with Crippen LogP contribution in [0.5, 0.6) is 5.75 Å². The quantitative estimate of drug-likeness (QED) is 0.231. The summed E-state index contributed by atoms with van der Waals surface area (Å²) in [6, 6.07) is 21.3. The predicted molar refractivity (Wildman–Crippen MR) is 150 cm³/mol. The summed E-state index contributed by atoms with van der Waals surface area (Å²) in [4.78, 5) is 12.2. The van der Waals surface area contributed by atoms with E-state index in [0.29, 0.717) is 11.5 Å². The van der Waals surface area contributed by atoms with E-state index >= 15 is 0 Å². The van der Waals surface area contributed by atoms with E-state index in [1.807, 2.05) is 12.1 Å². The van der Waals surface area contributed by atoms with Gasteiger partial charge in [-0.15, -0.1) is 0 Å². The van der Waals surface area contributed by atoms with E-state index in [2.05, 4.69) is 62.0 Å². The lowest BCUT2D eigenvalue weighted by molar-refractivity contribution is -0.140. The fraction of sp³-hybridized carbons (Fsp3) is 0.364. The minimum atomic E-state index is -0.356. The van der Waals surface area contributed by atoms with Gasteiger partial charge in [0.05, 0.1) is 6.61 Å². The summed E-state index contributed by atoms with van der Waals surface area (Å²) in [6.45, 7) is 8.10. The van der Waals surface area contributed by atoms with Crippen LogP contribution >= 0.6 is 0 Å². The molecule has 37 heavy (non-hydrogen) atoms. The molecule has 1 aliphatic carbocycles. The van der Waals surface area contributed by atoms with Gasteiger partial charge in [0.1, 0.15) is 19.0 Å². The molecule has 0 aliphatic heterocycles. The van der Waals surface area contributed by atoms with Crippen LogP contribution in [0.4, 0.5) is 0 Å². The molecule has 0 unspecified atom stereocenters. The first kappa shape index (κ1) is 26.7. The van der Waals surface area contributed by atoms with Crippen LogP contribution in [0.3, 0.4) is 0 Å². The molecular weight excluding hydrogens is 460 g/mol. The van der Waals surface area contributed by atoms with E-state index in [1.165, 1.54) is 48.8 Å². The van der Waals surface area contributed by atoms with Gasteiger partial charge in [0.15, 0.2) is 0 Å². The molecule has 194 valence electrons. The number of esters is 1. The Kier molecular flexibility index (Phi) is 9.19. The molecule has 0 aromatic heterocycles. The number of hydrogen-bond acceptors (Lipinski definition) is 4. The van der Waals surface area contributed by atoms with E-state index in [0.717, 1.165) is 34.4 Å². The largest absolute Gasteiger partial charge is 0.491 e. The zero-order valence-corrected chi connectivity index (χ0v) is 22.1. The molecule has 4 rings (SSSR count). The maximum atomic E-state index is 12.2. The molecule has 4 nitrogen and oxygen atoms in total. The van der Waals surface area contributed by atoms with Crippen molar-refractivity contribution in [2.75, 3.05) is 13.2 Å². The minimum Gasteiger partial charge on any atom is -0.491 e. The molecule has 0 atom stereocenters. The Morgan fingerprint density at radius 3 is 2.27 bits per heavy atom. The van der Waals surface area contributed by atoms with Gasteiger partial charge >= 0.3 is 5.97 Å². The Labute approximate surface area is 221 Å². The highest BCUT2D eigenvalue weighted by Gasteiger charge is 2.18. The van der Waals surface area contributed by atoms with E-state index in [1.54, 1.807) is 6.92 Å². The van der Waals surface area contributed by atoms with Crippen molar-refractivity contribution < 1.29 is 19.4 Å². The van der Waals surface area contributed by atoms with Crippen molar-refractivity contribution >= 4 is 5.97 Å². The molecule has 1 saturated carbocycles. The summed E-state index contributed by atoms with van der Waals surface area (Å²) in [6.07, 6.45) is 7.23. The highest BCUT2D eigenvalue weighted by atomic mass is 16.5. The van der Waals surface area contributed by atoms with E-state index < -0.39 is 0 Å². The number of carbonyl (C=O) groups is 1. The van der Waals surface area contributed by atoms with Crippen molar-refractivity contribution in [1.29, 1.82) is 0 Å². The van der Waals surface area contributed by atoms with Gasteiger partial charge < -0.3 is 14.6 Å². The zero-order chi connectivity index (χ0) is 26.2. The molecular formula is C33H38O4. The van der Waals surface area contributed by atoms with E-state index in [9.17, 15) is 4.79 Å². The van der Waals surface area contributed by atoms with Gasteiger partial charge in [-0.05, 0) is 83.2 Å². The third-order valence-corrected chi connectivity index (χ3v) is 7.24. The van der Waals surface area contributed by atoms with Crippen LogP contribution in [-0.2, 0) is 22.6 Å². The molecule has 0 saturated heterocycles. The predicted octanol–water partition coefficient (Wildman–Crippen LogP) is 7.62. The Morgan fingerprint density at radius 1 is 0.919 bits per heavy atom. The number of benzene rings is 3. The van der Waals surface area contributed by atoms with Crippen LogP contribution in [-0.4, -0.2) is 24.3 Å². The van der Waals surface area contributed by atoms with Crippen LogP contribution in [0.15, 0.2) is 72.8 Å². The lowest BCUT2D eigenvalue weighted by Crippen LogP contribution is -2.08. The monoisotopic (exact) mass is 498 g/mol. The summed E-state index contributed by atoms with van der Waals surface area (Å²) in [5, 5.41) is 8.98. The highest BCUT2D eigenvalue weighted by Crippen LogP contribution is 2.37. The van der Waals surface area contributed by atoms with Crippen molar-refractivity contribution in [1.82, 2.24) is 0 Å². The fourth-order valence-electron chi connectivity index (χ4n) is 5.20. The second kappa shape index (κ2) is 12.7. The van der Waals surface area contributed by atoms with Gasteiger partial charge in [-0.2, -0.15) is 0 Å². The summed E-state index contributed by atoms with van der Waals surface area (Å²) in [5.41, 5.74) is 8.59. The van der Waals surface area contributed by atoms with Crippen LogP contribution in [0.1, 0.15) is 68.6 Å². The first-order valence-corrected chi connectivity index (χ1v) is 13.4. The summed E-state index contributed by atoms with van der Waals surface area (Å²) < 4.78 is 11.1. The van der Waals surface area contributed by atoms with Crippen LogP contribution in [0, 0.1) is 0 Å². The third-order valence-electron chi connectivity index (χ3n) is 7.24. The SMILES string of the molecule is C=C(C)C(=O)OCc1cc(C2CCCCC2)ccc1-c1ccc(-c2ccc(OCCO)cc2)c(CC)c1. The van der Waals surface area contributed by atoms with Gasteiger partial charge in [-0.1, -0.05) is 81.3 Å². The lowest BCUT2D eigenvalue weighted by atomic mass is 9.82. The first-order chi connectivity index (χ1) is 18.0. The van der Waals surface area contributed by atoms with Gasteiger partial charge in [-0.25, -0.2) is 4.79 Å². The number of rotatable bonds is 10. The average molecular weight is 499 g/mol. The van der Waals surface area contributed by atoms with Crippen molar-refractivity contribution in [3.05, 3.63) is 89.5 Å². The van der Waals surface area contributed by atoms with Gasteiger partial charge in [-0.3, -0.25) is 0 Å². The second-order valence-corrected chi connectivity index (χ2v) is 9.93. The smallest absolute Gasteiger partial charge is 0.333 e. The number of aryl methyl sites for hydroxylation is 1. The van der Waals surface area contributed by atoms with Crippen molar-refractivity contribution in [2.45, 2.75) is 64.9 Å². The van der Waals surface area contributed by atoms with E-state index in [-0.39, 0.29) is 25.8 Å². The number of aliphatic hydroxyl groups excluding tert-OH is 1. The summed E-state index contributed by atoms with van der Waals surface area (Å²) in [5.74, 6) is 0.973. The van der Waals surface area contributed by atoms with Crippen molar-refractivity contribution in [3.63, 3.8) is 0 Å². The number of hydrogen-bond donors (Lipinski definition) is 1. The van der Waals surface area contributed by atoms with Gasteiger partial charge in [0, 0.05) is 5.57 Å². The number of ether oxygens (including phenoxy) is 2. The molecule has 0 amide bonds. The fourth-order valence-corrected chi connectivity index (χ4v) is 5.20. The Hall–Kier alpha value is -3.37. The molecule has 3 aromatic carbocycles. The Bertz CT molecular complexity index is 1220.